The maximum Gasteiger partial charge on any atom is 0.0271 e. The molecule has 0 amide bonds. The van der Waals surface area contributed by atoms with Crippen molar-refractivity contribution < 1.29 is 0 Å². The number of rotatable bonds is 5. The Morgan fingerprint density at radius 2 is 1.88 bits per heavy atom. The maximum atomic E-state index is 3.60. The molecule has 2 atom stereocenters. The Kier molecular flexibility index (Phi) is 3.84. The highest BCUT2D eigenvalue weighted by Gasteiger charge is 2.46. The summed E-state index contributed by atoms with van der Waals surface area (Å²) in [6.07, 6.45) is 5.60. The molecule has 0 aromatic heterocycles. The molecule has 1 N–H and O–H groups in total. The van der Waals surface area contributed by atoms with Gasteiger partial charge in [-0.15, -0.1) is 0 Å². The standard InChI is InChI=1S/C15H30N2/c1-11(2)10-17(12-6-7-12)13-8-9-15(3,4)14(13)16-5/h11-14,16H,6-10H2,1-5H3. The fraction of sp³-hybridized carbons (Fsp3) is 1.00. The van der Waals surface area contributed by atoms with Crippen molar-refractivity contribution in [3.05, 3.63) is 0 Å². The summed E-state index contributed by atoms with van der Waals surface area (Å²) in [6.45, 7) is 10.8. The Morgan fingerprint density at radius 3 is 2.35 bits per heavy atom. The van der Waals surface area contributed by atoms with Gasteiger partial charge in [-0.05, 0) is 44.1 Å². The minimum atomic E-state index is 0.462. The number of hydrogen-bond donors (Lipinski definition) is 1. The van der Waals surface area contributed by atoms with E-state index in [1.54, 1.807) is 0 Å². The van der Waals surface area contributed by atoms with Gasteiger partial charge in [-0.2, -0.15) is 0 Å². The van der Waals surface area contributed by atoms with Crippen molar-refractivity contribution in [2.45, 2.75) is 71.5 Å². The lowest BCUT2D eigenvalue weighted by atomic mass is 9.86. The zero-order valence-corrected chi connectivity index (χ0v) is 12.3. The van der Waals surface area contributed by atoms with Gasteiger partial charge in [0.05, 0.1) is 0 Å². The van der Waals surface area contributed by atoms with Crippen LogP contribution in [0.5, 0.6) is 0 Å². The van der Waals surface area contributed by atoms with Gasteiger partial charge < -0.3 is 5.32 Å². The molecule has 0 saturated heterocycles. The Morgan fingerprint density at radius 1 is 1.24 bits per heavy atom. The maximum absolute atomic E-state index is 3.60. The summed E-state index contributed by atoms with van der Waals surface area (Å²) in [5, 5.41) is 3.60. The fourth-order valence-corrected chi connectivity index (χ4v) is 3.69. The third-order valence-electron chi connectivity index (χ3n) is 4.64. The van der Waals surface area contributed by atoms with E-state index >= 15 is 0 Å². The van der Waals surface area contributed by atoms with Crippen LogP contribution >= 0.6 is 0 Å². The van der Waals surface area contributed by atoms with Gasteiger partial charge in [-0.1, -0.05) is 27.7 Å². The molecule has 100 valence electrons. The molecule has 2 rings (SSSR count). The second-order valence-electron chi connectivity index (χ2n) is 7.18. The predicted octanol–water partition coefficient (Wildman–Crippen LogP) is 2.88. The number of nitrogens with zero attached hydrogens (tertiary/aromatic N) is 1. The first-order valence-electron chi connectivity index (χ1n) is 7.38. The van der Waals surface area contributed by atoms with Crippen LogP contribution in [-0.2, 0) is 0 Å². The van der Waals surface area contributed by atoms with Gasteiger partial charge in [0.25, 0.3) is 0 Å². The second-order valence-corrected chi connectivity index (χ2v) is 7.18. The lowest BCUT2D eigenvalue weighted by Crippen LogP contribution is -2.52. The molecule has 17 heavy (non-hydrogen) atoms. The van der Waals surface area contributed by atoms with Gasteiger partial charge in [0.1, 0.15) is 0 Å². The van der Waals surface area contributed by atoms with Crippen LogP contribution < -0.4 is 5.32 Å². The van der Waals surface area contributed by atoms with Crippen molar-refractivity contribution in [2.75, 3.05) is 13.6 Å². The third-order valence-corrected chi connectivity index (χ3v) is 4.64. The summed E-state index contributed by atoms with van der Waals surface area (Å²) in [7, 11) is 2.14. The highest BCUT2D eigenvalue weighted by Crippen LogP contribution is 2.43. The largest absolute Gasteiger partial charge is 0.315 e. The van der Waals surface area contributed by atoms with Crippen LogP contribution in [-0.4, -0.2) is 36.6 Å². The summed E-state index contributed by atoms with van der Waals surface area (Å²) < 4.78 is 0. The van der Waals surface area contributed by atoms with E-state index in [1.807, 2.05) is 0 Å². The molecule has 0 radical (unpaired) electrons. The third kappa shape index (κ3) is 2.85. The lowest BCUT2D eigenvalue weighted by molar-refractivity contribution is 0.126. The minimum Gasteiger partial charge on any atom is -0.315 e. The lowest BCUT2D eigenvalue weighted by Gasteiger charge is -2.38. The molecule has 0 bridgehead atoms. The molecule has 2 heteroatoms. The van der Waals surface area contributed by atoms with Crippen molar-refractivity contribution in [1.82, 2.24) is 10.2 Å². The van der Waals surface area contributed by atoms with Crippen LogP contribution in [0.3, 0.4) is 0 Å². The number of likely N-dealkylation sites (N-methyl/N-ethyl adjacent to an activating group) is 1. The van der Waals surface area contributed by atoms with Crippen LogP contribution in [0.4, 0.5) is 0 Å². The summed E-state index contributed by atoms with van der Waals surface area (Å²) in [6, 6.07) is 2.33. The molecular weight excluding hydrogens is 208 g/mol. The molecule has 2 unspecified atom stereocenters. The molecule has 0 aromatic rings. The molecule has 2 nitrogen and oxygen atoms in total. The summed E-state index contributed by atoms with van der Waals surface area (Å²) in [5.41, 5.74) is 0.462. The van der Waals surface area contributed by atoms with Gasteiger partial charge >= 0.3 is 0 Å². The van der Waals surface area contributed by atoms with Gasteiger partial charge in [-0.25, -0.2) is 0 Å². The zero-order chi connectivity index (χ0) is 12.6. The van der Waals surface area contributed by atoms with E-state index in [4.69, 9.17) is 0 Å². The van der Waals surface area contributed by atoms with Crippen molar-refractivity contribution in [3.8, 4) is 0 Å². The van der Waals surface area contributed by atoms with E-state index in [-0.39, 0.29) is 0 Å². The second kappa shape index (κ2) is 4.89. The van der Waals surface area contributed by atoms with Crippen molar-refractivity contribution >= 4 is 0 Å². The van der Waals surface area contributed by atoms with Gasteiger partial charge in [0.2, 0.25) is 0 Å². The predicted molar refractivity (Wildman–Crippen MR) is 74.2 cm³/mol. The first-order chi connectivity index (χ1) is 7.95. The van der Waals surface area contributed by atoms with Crippen molar-refractivity contribution in [3.63, 3.8) is 0 Å². The Balaban J connectivity index is 2.08. The molecule has 2 fully saturated rings. The van der Waals surface area contributed by atoms with Crippen LogP contribution in [0.15, 0.2) is 0 Å². The van der Waals surface area contributed by atoms with E-state index in [0.29, 0.717) is 11.5 Å². The van der Waals surface area contributed by atoms with Gasteiger partial charge in [0, 0.05) is 24.7 Å². The summed E-state index contributed by atoms with van der Waals surface area (Å²) in [5.74, 6) is 0.789. The molecule has 0 aromatic carbocycles. The monoisotopic (exact) mass is 238 g/mol. The first-order valence-corrected chi connectivity index (χ1v) is 7.38. The average molecular weight is 238 g/mol. The highest BCUT2D eigenvalue weighted by molar-refractivity contribution is 5.03. The van der Waals surface area contributed by atoms with E-state index in [1.165, 1.54) is 32.2 Å². The van der Waals surface area contributed by atoms with Crippen LogP contribution in [0, 0.1) is 11.3 Å². The van der Waals surface area contributed by atoms with Crippen LogP contribution in [0.1, 0.15) is 53.4 Å². The number of nitrogens with one attached hydrogen (secondary N) is 1. The average Bonchev–Trinajstić information content (AvgIpc) is 3.00. The molecule has 2 aliphatic carbocycles. The number of hydrogen-bond acceptors (Lipinski definition) is 2. The van der Waals surface area contributed by atoms with E-state index in [0.717, 1.165) is 18.0 Å². The highest BCUT2D eigenvalue weighted by atomic mass is 15.2. The molecule has 0 aliphatic heterocycles. The van der Waals surface area contributed by atoms with Gasteiger partial charge in [-0.3, -0.25) is 4.90 Å². The minimum absolute atomic E-state index is 0.462. The van der Waals surface area contributed by atoms with E-state index in [2.05, 4.69) is 45.0 Å². The Hall–Kier alpha value is -0.0800. The Bertz CT molecular complexity index is 256. The van der Waals surface area contributed by atoms with Crippen LogP contribution in [0.25, 0.3) is 0 Å². The zero-order valence-electron chi connectivity index (χ0n) is 12.3. The Labute approximate surface area is 107 Å². The molecule has 2 saturated carbocycles. The van der Waals surface area contributed by atoms with E-state index in [9.17, 15) is 0 Å². The fourth-order valence-electron chi connectivity index (χ4n) is 3.69. The SMILES string of the molecule is CNC1C(N(CC(C)C)C2CC2)CCC1(C)C. The summed E-state index contributed by atoms with van der Waals surface area (Å²) >= 11 is 0. The molecule has 0 spiro atoms. The molecule has 2 aliphatic rings. The quantitative estimate of drug-likeness (QED) is 0.792. The van der Waals surface area contributed by atoms with Crippen LogP contribution in [0.2, 0.25) is 0 Å². The molecule has 0 heterocycles. The van der Waals surface area contributed by atoms with Crippen molar-refractivity contribution in [1.29, 1.82) is 0 Å². The van der Waals surface area contributed by atoms with Crippen molar-refractivity contribution in [2.24, 2.45) is 11.3 Å². The van der Waals surface area contributed by atoms with Gasteiger partial charge in [0.15, 0.2) is 0 Å². The smallest absolute Gasteiger partial charge is 0.0271 e. The first kappa shape index (κ1) is 13.4. The normalized spacial score (nSPS) is 32.6. The topological polar surface area (TPSA) is 15.3 Å². The molecular formula is C15H30N2. The van der Waals surface area contributed by atoms with E-state index < -0.39 is 0 Å². The summed E-state index contributed by atoms with van der Waals surface area (Å²) in [4.78, 5) is 2.82.